The third-order valence-electron chi connectivity index (χ3n) is 5.62. The molecule has 0 heterocycles. The van der Waals surface area contributed by atoms with Crippen molar-refractivity contribution >= 4 is 33.5 Å². The molecule has 0 fully saturated rings. The second-order valence-electron chi connectivity index (χ2n) is 11.3. The molecular formula is C22H56O8Si4. The van der Waals surface area contributed by atoms with Gasteiger partial charge in [0.25, 0.3) is 0 Å². The van der Waals surface area contributed by atoms with Crippen LogP contribution in [-0.4, -0.2) is 104 Å². The monoisotopic (exact) mass is 560 g/mol. The molecule has 0 aliphatic rings. The Balaban J connectivity index is 0. The molecule has 0 saturated carbocycles. The summed E-state index contributed by atoms with van der Waals surface area (Å²) in [6.45, 7) is 19.5. The van der Waals surface area contributed by atoms with Crippen LogP contribution in [0.4, 0.5) is 0 Å². The first kappa shape index (κ1) is 36.7. The molecule has 0 aromatic rings. The summed E-state index contributed by atoms with van der Waals surface area (Å²) in [5.74, 6) is 0. The van der Waals surface area contributed by atoms with Crippen molar-refractivity contribution in [1.29, 1.82) is 0 Å². The second kappa shape index (κ2) is 17.1. The van der Waals surface area contributed by atoms with Crippen molar-refractivity contribution in [3.8, 4) is 0 Å². The molecule has 0 saturated heterocycles. The van der Waals surface area contributed by atoms with E-state index >= 15 is 0 Å². The van der Waals surface area contributed by atoms with Gasteiger partial charge < -0.3 is 37.1 Å². The standard InChI is InChI=1S/C14H34O3Si2.C8H22O5Si2/c1-14(2,13-18(3,4)5)17-19(6,7)12-8-10-16-11-9-15;1-10-14(5,11-2)6-7-15(8-9,12-3)13-4/h15H,8-13H2,1-7H3;9H,6-8H2,1-5H3. The van der Waals surface area contributed by atoms with Gasteiger partial charge in [0, 0.05) is 48.7 Å². The lowest BCUT2D eigenvalue weighted by molar-refractivity contribution is 0.0893. The van der Waals surface area contributed by atoms with Crippen LogP contribution in [-0.2, 0) is 26.9 Å². The highest BCUT2D eigenvalue weighted by Gasteiger charge is 2.40. The highest BCUT2D eigenvalue weighted by Crippen LogP contribution is 2.29. The van der Waals surface area contributed by atoms with E-state index in [9.17, 15) is 5.11 Å². The normalized spacial score (nSPS) is 13.6. The zero-order valence-electron chi connectivity index (χ0n) is 24.2. The Morgan fingerprint density at radius 2 is 1.24 bits per heavy atom. The van der Waals surface area contributed by atoms with Gasteiger partial charge in [-0.15, -0.1) is 0 Å². The summed E-state index contributed by atoms with van der Waals surface area (Å²) in [5, 5.41) is 17.9. The van der Waals surface area contributed by atoms with Gasteiger partial charge in [-0.25, -0.2) is 0 Å². The molecule has 0 amide bonds. The predicted octanol–water partition coefficient (Wildman–Crippen LogP) is 4.34. The number of aliphatic hydroxyl groups is 2. The predicted molar refractivity (Wildman–Crippen MR) is 150 cm³/mol. The van der Waals surface area contributed by atoms with E-state index in [0.717, 1.165) is 25.1 Å². The second-order valence-corrected chi connectivity index (χ2v) is 28.1. The van der Waals surface area contributed by atoms with E-state index in [2.05, 4.69) is 46.6 Å². The number of aliphatic hydroxyl groups excluding tert-OH is 2. The van der Waals surface area contributed by atoms with Crippen LogP contribution in [0.2, 0.25) is 63.5 Å². The lowest BCUT2D eigenvalue weighted by atomic mass is 10.2. The molecule has 0 spiro atoms. The van der Waals surface area contributed by atoms with Crippen molar-refractivity contribution in [3.63, 3.8) is 0 Å². The van der Waals surface area contributed by atoms with E-state index in [-0.39, 0.29) is 18.4 Å². The molecule has 0 atom stereocenters. The molecule has 0 aromatic heterocycles. The van der Waals surface area contributed by atoms with E-state index in [1.54, 1.807) is 28.4 Å². The van der Waals surface area contributed by atoms with Crippen LogP contribution >= 0.6 is 0 Å². The van der Waals surface area contributed by atoms with Gasteiger partial charge in [-0.2, -0.15) is 0 Å². The first-order valence-corrected chi connectivity index (χ1v) is 23.8. The summed E-state index contributed by atoms with van der Waals surface area (Å²) in [6, 6.07) is 3.76. The fourth-order valence-corrected chi connectivity index (χ4v) is 14.4. The largest absolute Gasteiger partial charge is 0.413 e. The zero-order valence-corrected chi connectivity index (χ0v) is 28.2. The number of ether oxygens (including phenoxy) is 1. The Bertz CT molecular complexity index is 499. The highest BCUT2D eigenvalue weighted by atomic mass is 28.4. The minimum atomic E-state index is -2.43. The van der Waals surface area contributed by atoms with Gasteiger partial charge in [-0.3, -0.25) is 0 Å². The van der Waals surface area contributed by atoms with E-state index in [1.165, 1.54) is 6.04 Å². The zero-order chi connectivity index (χ0) is 27.1. The lowest BCUT2D eigenvalue weighted by Gasteiger charge is -2.38. The molecule has 2 N–H and O–H groups in total. The van der Waals surface area contributed by atoms with Gasteiger partial charge >= 0.3 is 17.1 Å². The van der Waals surface area contributed by atoms with Gasteiger partial charge in [0.15, 0.2) is 8.32 Å². The van der Waals surface area contributed by atoms with E-state index in [1.807, 2.05) is 6.55 Å². The minimum Gasteiger partial charge on any atom is -0.413 e. The van der Waals surface area contributed by atoms with Crippen molar-refractivity contribution in [2.75, 3.05) is 54.5 Å². The minimum absolute atomic E-state index is 0.00610. The van der Waals surface area contributed by atoms with Crippen LogP contribution in [0.15, 0.2) is 0 Å². The number of hydrogen-bond donors (Lipinski definition) is 2. The van der Waals surface area contributed by atoms with Gasteiger partial charge in [0.1, 0.15) is 0 Å². The number of hydrogen-bond acceptors (Lipinski definition) is 8. The van der Waals surface area contributed by atoms with Crippen LogP contribution in [0.3, 0.4) is 0 Å². The van der Waals surface area contributed by atoms with Crippen molar-refractivity contribution in [3.05, 3.63) is 0 Å². The Hall–Kier alpha value is 0.548. The summed E-state index contributed by atoms with van der Waals surface area (Å²) in [6.07, 6.45) is 0.986. The highest BCUT2D eigenvalue weighted by molar-refractivity contribution is 6.76. The van der Waals surface area contributed by atoms with Crippen LogP contribution < -0.4 is 0 Å². The van der Waals surface area contributed by atoms with Crippen molar-refractivity contribution in [2.45, 2.75) is 89.3 Å². The maximum absolute atomic E-state index is 9.26. The van der Waals surface area contributed by atoms with E-state index in [4.69, 9.17) is 32.0 Å². The summed E-state index contributed by atoms with van der Waals surface area (Å²) >= 11 is 0. The Morgan fingerprint density at radius 3 is 1.62 bits per heavy atom. The Morgan fingerprint density at radius 1 is 0.706 bits per heavy atom. The third kappa shape index (κ3) is 17.9. The molecule has 0 unspecified atom stereocenters. The van der Waals surface area contributed by atoms with Gasteiger partial charge in [-0.1, -0.05) is 19.6 Å². The van der Waals surface area contributed by atoms with Gasteiger partial charge in [0.2, 0.25) is 0 Å². The molecular weight excluding hydrogens is 505 g/mol. The van der Waals surface area contributed by atoms with Crippen LogP contribution in [0, 0.1) is 0 Å². The smallest absolute Gasteiger partial charge is 0.363 e. The fourth-order valence-electron chi connectivity index (χ4n) is 4.08. The molecule has 12 heteroatoms. The quantitative estimate of drug-likeness (QED) is 0.189. The molecule has 0 aliphatic heterocycles. The summed E-state index contributed by atoms with van der Waals surface area (Å²) < 4.78 is 33.1. The molecule has 34 heavy (non-hydrogen) atoms. The molecule has 0 radical (unpaired) electrons. The van der Waals surface area contributed by atoms with Crippen molar-refractivity contribution in [1.82, 2.24) is 0 Å². The van der Waals surface area contributed by atoms with Crippen LogP contribution in [0.25, 0.3) is 0 Å². The summed E-state index contributed by atoms with van der Waals surface area (Å²) in [5.41, 5.74) is 0.00610. The molecule has 0 bridgehead atoms. The molecule has 8 nitrogen and oxygen atoms in total. The van der Waals surface area contributed by atoms with Crippen LogP contribution in [0.5, 0.6) is 0 Å². The molecule has 208 valence electrons. The van der Waals surface area contributed by atoms with Gasteiger partial charge in [0.05, 0.1) is 19.4 Å². The summed E-state index contributed by atoms with van der Waals surface area (Å²) in [4.78, 5) is 0. The fraction of sp³-hybridized carbons (Fsp3) is 1.00. The van der Waals surface area contributed by atoms with Crippen LogP contribution in [0.1, 0.15) is 20.3 Å². The topological polar surface area (TPSA) is 95.8 Å². The first-order valence-electron chi connectivity index (χ1n) is 12.2. The maximum atomic E-state index is 9.26. The number of rotatable bonds is 18. The first-order chi connectivity index (χ1) is 15.5. The van der Waals surface area contributed by atoms with Crippen molar-refractivity contribution in [2.24, 2.45) is 0 Å². The molecule has 0 aliphatic carbocycles. The van der Waals surface area contributed by atoms with E-state index in [0.29, 0.717) is 12.7 Å². The Labute approximate surface area is 214 Å². The Kier molecular flexibility index (Phi) is 18.5. The van der Waals surface area contributed by atoms with Crippen molar-refractivity contribution < 1.29 is 37.1 Å². The lowest BCUT2D eigenvalue weighted by Crippen LogP contribution is -2.47. The maximum Gasteiger partial charge on any atom is 0.363 e. The van der Waals surface area contributed by atoms with Gasteiger partial charge in [-0.05, 0) is 64.1 Å². The summed E-state index contributed by atoms with van der Waals surface area (Å²) in [7, 11) is -0.789. The SMILES string of the molecule is CC(C)(C[Si](C)(C)C)O[Si](C)(C)CCCOCCO.CO[Si](C)(CC[Si](CO)(OC)OC)OC. The third-order valence-corrected chi connectivity index (χ3v) is 16.6. The van der Waals surface area contributed by atoms with E-state index < -0.39 is 33.5 Å². The average Bonchev–Trinajstić information content (AvgIpc) is 2.72. The average molecular weight is 561 g/mol. The molecule has 0 aromatic carbocycles. The molecule has 0 rings (SSSR count).